The molecule has 0 aromatic heterocycles. The van der Waals surface area contributed by atoms with Crippen LogP contribution in [0.4, 0.5) is 0 Å². The molecule has 0 amide bonds. The van der Waals surface area contributed by atoms with E-state index in [4.69, 9.17) is 0 Å². The van der Waals surface area contributed by atoms with Crippen molar-refractivity contribution in [1.29, 1.82) is 0 Å². The number of hydrogen-bond donors (Lipinski definition) is 1. The van der Waals surface area contributed by atoms with Gasteiger partial charge in [-0.15, -0.1) is 24.8 Å². The molecule has 0 spiro atoms. The number of hydrogen-bond acceptors (Lipinski definition) is 4. The molecule has 21 heavy (non-hydrogen) atoms. The van der Waals surface area contributed by atoms with Gasteiger partial charge in [0.05, 0.1) is 6.54 Å². The zero-order valence-electron chi connectivity index (χ0n) is 12.1. The average molecular weight is 348 g/mol. The molecule has 6 heteroatoms. The van der Waals surface area contributed by atoms with Crippen LogP contribution in [0.25, 0.3) is 0 Å². The van der Waals surface area contributed by atoms with Gasteiger partial charge in [0.15, 0.2) is 5.17 Å². The van der Waals surface area contributed by atoms with Crippen LogP contribution in [0.1, 0.15) is 24.0 Å². The molecule has 2 aliphatic rings. The van der Waals surface area contributed by atoms with Crippen LogP contribution in [0, 0.1) is 0 Å². The van der Waals surface area contributed by atoms with Crippen molar-refractivity contribution in [3.05, 3.63) is 35.4 Å². The van der Waals surface area contributed by atoms with E-state index in [1.54, 1.807) is 0 Å². The molecule has 1 saturated heterocycles. The second kappa shape index (κ2) is 9.57. The molecule has 0 atom stereocenters. The van der Waals surface area contributed by atoms with Crippen LogP contribution < -0.4 is 5.32 Å². The molecule has 3 rings (SSSR count). The minimum absolute atomic E-state index is 0. The van der Waals surface area contributed by atoms with Crippen LogP contribution in [0.3, 0.4) is 0 Å². The molecule has 0 unspecified atom stereocenters. The molecular formula is C15H23Cl2N3S. The molecule has 118 valence electrons. The standard InChI is InChI=1S/C15H21N3S.2ClH/c1-2-6-14-12-17-15(16-11-13(14)5-1)19-10-9-18-7-3-4-8-18;;/h1-2,5-6H,3-4,7-12H2,(H,16,17);2*1H. The Morgan fingerprint density at radius 1 is 1.10 bits per heavy atom. The third-order valence-electron chi connectivity index (χ3n) is 3.79. The minimum atomic E-state index is 0. The minimum Gasteiger partial charge on any atom is -0.361 e. The summed E-state index contributed by atoms with van der Waals surface area (Å²) in [5.74, 6) is 1.14. The summed E-state index contributed by atoms with van der Waals surface area (Å²) in [5.41, 5.74) is 2.73. The van der Waals surface area contributed by atoms with Gasteiger partial charge in [-0.1, -0.05) is 36.0 Å². The number of nitrogens with zero attached hydrogens (tertiary/aromatic N) is 2. The highest BCUT2D eigenvalue weighted by Crippen LogP contribution is 2.16. The molecule has 1 aromatic carbocycles. The highest BCUT2D eigenvalue weighted by Gasteiger charge is 2.12. The lowest BCUT2D eigenvalue weighted by molar-refractivity contribution is 0.362. The monoisotopic (exact) mass is 347 g/mol. The molecule has 0 aliphatic carbocycles. The first-order chi connectivity index (χ1) is 9.42. The third kappa shape index (κ3) is 5.37. The smallest absolute Gasteiger partial charge is 0.157 e. The molecule has 1 fully saturated rings. The number of likely N-dealkylation sites (tertiary alicyclic amines) is 1. The van der Waals surface area contributed by atoms with Gasteiger partial charge >= 0.3 is 0 Å². The fraction of sp³-hybridized carbons (Fsp3) is 0.533. The Balaban J connectivity index is 0.00000110. The van der Waals surface area contributed by atoms with E-state index in [0.717, 1.165) is 24.0 Å². The van der Waals surface area contributed by atoms with Gasteiger partial charge in [0.2, 0.25) is 0 Å². The first-order valence-electron chi connectivity index (χ1n) is 7.12. The number of aliphatic imine (C=N–C) groups is 1. The molecule has 2 heterocycles. The lowest BCUT2D eigenvalue weighted by Gasteiger charge is -2.14. The third-order valence-corrected chi connectivity index (χ3v) is 4.72. The van der Waals surface area contributed by atoms with E-state index in [1.807, 2.05) is 11.8 Å². The Morgan fingerprint density at radius 3 is 2.57 bits per heavy atom. The molecule has 0 radical (unpaired) electrons. The van der Waals surface area contributed by atoms with E-state index >= 15 is 0 Å². The maximum absolute atomic E-state index is 4.68. The summed E-state index contributed by atoms with van der Waals surface area (Å²) in [6.45, 7) is 5.48. The van der Waals surface area contributed by atoms with E-state index in [-0.39, 0.29) is 24.8 Å². The summed E-state index contributed by atoms with van der Waals surface area (Å²) in [7, 11) is 0. The fourth-order valence-corrected chi connectivity index (χ4v) is 3.52. The van der Waals surface area contributed by atoms with Crippen LogP contribution in [-0.4, -0.2) is 35.5 Å². The van der Waals surface area contributed by atoms with E-state index in [1.165, 1.54) is 43.6 Å². The SMILES string of the molecule is Cl.Cl.c1ccc2c(c1)CN=C(SCCN1CCCC1)NC2. The van der Waals surface area contributed by atoms with Crippen LogP contribution in [0.15, 0.2) is 29.3 Å². The highest BCUT2D eigenvalue weighted by molar-refractivity contribution is 8.13. The van der Waals surface area contributed by atoms with Crippen molar-refractivity contribution in [1.82, 2.24) is 10.2 Å². The second-order valence-electron chi connectivity index (χ2n) is 5.14. The molecule has 0 saturated carbocycles. The van der Waals surface area contributed by atoms with Crippen LogP contribution >= 0.6 is 36.6 Å². The van der Waals surface area contributed by atoms with E-state index in [9.17, 15) is 0 Å². The number of amidine groups is 1. The van der Waals surface area contributed by atoms with Crippen LogP contribution in [0.5, 0.6) is 0 Å². The normalized spacial score (nSPS) is 17.6. The Bertz CT molecular complexity index is 462. The molecule has 2 aliphatic heterocycles. The second-order valence-corrected chi connectivity index (χ2v) is 6.22. The lowest BCUT2D eigenvalue weighted by atomic mass is 10.1. The van der Waals surface area contributed by atoms with Crippen molar-refractivity contribution in [2.75, 3.05) is 25.4 Å². The molecule has 3 nitrogen and oxygen atoms in total. The number of rotatable bonds is 3. The fourth-order valence-electron chi connectivity index (χ4n) is 2.64. The first kappa shape index (κ1) is 18.6. The van der Waals surface area contributed by atoms with Gasteiger partial charge in [-0.3, -0.25) is 4.99 Å². The Kier molecular flexibility index (Phi) is 8.49. The summed E-state index contributed by atoms with van der Waals surface area (Å²) in [5, 5.41) is 4.56. The first-order valence-corrected chi connectivity index (χ1v) is 8.10. The Hall–Kier alpha value is -0.420. The van der Waals surface area contributed by atoms with E-state index < -0.39 is 0 Å². The van der Waals surface area contributed by atoms with Crippen molar-refractivity contribution in [3.8, 4) is 0 Å². The predicted octanol–water partition coefficient (Wildman–Crippen LogP) is 3.32. The molecular weight excluding hydrogens is 325 g/mol. The van der Waals surface area contributed by atoms with Crippen molar-refractivity contribution in [2.45, 2.75) is 25.9 Å². The van der Waals surface area contributed by atoms with Gasteiger partial charge in [0, 0.05) is 18.8 Å². The number of halogens is 2. The van der Waals surface area contributed by atoms with Gasteiger partial charge in [-0.2, -0.15) is 0 Å². The summed E-state index contributed by atoms with van der Waals surface area (Å²) in [6, 6.07) is 8.57. The van der Waals surface area contributed by atoms with Crippen molar-refractivity contribution in [2.24, 2.45) is 4.99 Å². The number of benzene rings is 1. The van der Waals surface area contributed by atoms with Gasteiger partial charge in [0.1, 0.15) is 0 Å². The van der Waals surface area contributed by atoms with Crippen LogP contribution in [-0.2, 0) is 13.1 Å². The summed E-state index contributed by atoms with van der Waals surface area (Å²) in [6.07, 6.45) is 2.75. The average Bonchev–Trinajstić information content (AvgIpc) is 2.87. The zero-order chi connectivity index (χ0) is 12.9. The Labute approximate surface area is 143 Å². The van der Waals surface area contributed by atoms with Gasteiger partial charge in [-0.25, -0.2) is 0 Å². The van der Waals surface area contributed by atoms with Gasteiger partial charge < -0.3 is 10.2 Å². The number of nitrogens with one attached hydrogen (secondary N) is 1. The van der Waals surface area contributed by atoms with Crippen molar-refractivity contribution < 1.29 is 0 Å². The topological polar surface area (TPSA) is 27.6 Å². The maximum atomic E-state index is 4.68. The highest BCUT2D eigenvalue weighted by atomic mass is 35.5. The molecule has 1 N–H and O–H groups in total. The Morgan fingerprint density at radius 2 is 1.81 bits per heavy atom. The maximum Gasteiger partial charge on any atom is 0.157 e. The largest absolute Gasteiger partial charge is 0.361 e. The van der Waals surface area contributed by atoms with E-state index in [0.29, 0.717) is 0 Å². The summed E-state index contributed by atoms with van der Waals surface area (Å²) >= 11 is 1.87. The summed E-state index contributed by atoms with van der Waals surface area (Å²) in [4.78, 5) is 7.23. The van der Waals surface area contributed by atoms with Crippen molar-refractivity contribution in [3.63, 3.8) is 0 Å². The van der Waals surface area contributed by atoms with E-state index in [2.05, 4.69) is 39.5 Å². The van der Waals surface area contributed by atoms with Gasteiger partial charge in [0.25, 0.3) is 0 Å². The van der Waals surface area contributed by atoms with Crippen molar-refractivity contribution >= 4 is 41.7 Å². The van der Waals surface area contributed by atoms with Gasteiger partial charge in [-0.05, 0) is 37.1 Å². The molecule has 1 aromatic rings. The summed E-state index contributed by atoms with van der Waals surface area (Å²) < 4.78 is 0. The number of fused-ring (bicyclic) bond motifs is 1. The predicted molar refractivity (Wildman–Crippen MR) is 97.0 cm³/mol. The van der Waals surface area contributed by atoms with Crippen LogP contribution in [0.2, 0.25) is 0 Å². The lowest BCUT2D eigenvalue weighted by Crippen LogP contribution is -2.24. The zero-order valence-corrected chi connectivity index (χ0v) is 14.5. The number of thioether (sulfide) groups is 1. The molecule has 0 bridgehead atoms. The quantitative estimate of drug-likeness (QED) is 0.908.